The summed E-state index contributed by atoms with van der Waals surface area (Å²) in [5.41, 5.74) is 0. The average Bonchev–Trinajstić information content (AvgIpc) is 2.44. The van der Waals surface area contributed by atoms with E-state index in [2.05, 4.69) is 17.1 Å². The summed E-state index contributed by atoms with van der Waals surface area (Å²) >= 11 is 0. The number of hydrogen-bond donors (Lipinski definition) is 1. The van der Waals surface area contributed by atoms with E-state index in [1.807, 2.05) is 6.92 Å². The van der Waals surface area contributed by atoms with Crippen LogP contribution in [-0.4, -0.2) is 48.6 Å². The summed E-state index contributed by atoms with van der Waals surface area (Å²) < 4.78 is 5.21. The molecule has 2 saturated heterocycles. The van der Waals surface area contributed by atoms with Crippen molar-refractivity contribution >= 4 is 11.9 Å². The maximum Gasteiger partial charge on any atom is 0.323 e. The van der Waals surface area contributed by atoms with Crippen LogP contribution in [-0.2, 0) is 14.3 Å². The van der Waals surface area contributed by atoms with E-state index in [1.54, 1.807) is 0 Å². The summed E-state index contributed by atoms with van der Waals surface area (Å²) in [4.78, 5) is 25.8. The number of esters is 1. The van der Waals surface area contributed by atoms with Gasteiger partial charge in [-0.15, -0.1) is 0 Å². The molecule has 2 heterocycles. The maximum atomic E-state index is 12.1. The molecular formula is C15H26N2O3. The number of fused-ring (bicyclic) bond motifs is 1. The molecule has 114 valence electrons. The van der Waals surface area contributed by atoms with Crippen LogP contribution >= 0.6 is 0 Å². The van der Waals surface area contributed by atoms with Crippen LogP contribution in [0, 0.1) is 5.92 Å². The molecular weight excluding hydrogens is 256 g/mol. The Balaban J connectivity index is 1.97. The summed E-state index contributed by atoms with van der Waals surface area (Å²) in [5.74, 6) is 0.568. The van der Waals surface area contributed by atoms with Crippen molar-refractivity contribution in [1.29, 1.82) is 0 Å². The predicted octanol–water partition coefficient (Wildman–Crippen LogP) is 1.32. The fourth-order valence-electron chi connectivity index (χ4n) is 3.38. The van der Waals surface area contributed by atoms with Crippen LogP contribution in [0.2, 0.25) is 0 Å². The molecule has 2 aliphatic heterocycles. The van der Waals surface area contributed by atoms with Crippen molar-refractivity contribution in [3.63, 3.8) is 0 Å². The Morgan fingerprint density at radius 3 is 2.95 bits per heavy atom. The third-order valence-electron chi connectivity index (χ3n) is 4.42. The van der Waals surface area contributed by atoms with E-state index in [9.17, 15) is 9.59 Å². The van der Waals surface area contributed by atoms with E-state index in [-0.39, 0.29) is 17.9 Å². The van der Waals surface area contributed by atoms with Crippen molar-refractivity contribution in [3.8, 4) is 0 Å². The Hall–Kier alpha value is -1.10. The minimum Gasteiger partial charge on any atom is -0.465 e. The molecule has 2 rings (SSSR count). The second-order valence-electron chi connectivity index (χ2n) is 5.81. The van der Waals surface area contributed by atoms with Gasteiger partial charge >= 0.3 is 5.97 Å². The number of likely N-dealkylation sites (tertiary alicyclic amines) is 1. The number of hydrogen-bond acceptors (Lipinski definition) is 4. The monoisotopic (exact) mass is 282 g/mol. The first-order chi connectivity index (χ1) is 9.65. The van der Waals surface area contributed by atoms with Gasteiger partial charge in [0.05, 0.1) is 6.61 Å². The van der Waals surface area contributed by atoms with Gasteiger partial charge in [-0.3, -0.25) is 14.5 Å². The first-order valence-corrected chi connectivity index (χ1v) is 7.85. The molecule has 1 amide bonds. The summed E-state index contributed by atoms with van der Waals surface area (Å²) in [5, 5.41) is 3.08. The molecule has 0 spiro atoms. The van der Waals surface area contributed by atoms with Crippen LogP contribution in [0.5, 0.6) is 0 Å². The molecule has 0 radical (unpaired) electrons. The first-order valence-electron chi connectivity index (χ1n) is 7.85. The Morgan fingerprint density at radius 2 is 2.25 bits per heavy atom. The smallest absolute Gasteiger partial charge is 0.323 e. The Morgan fingerprint density at radius 1 is 1.45 bits per heavy atom. The lowest BCUT2D eigenvalue weighted by molar-refractivity contribution is -0.151. The molecule has 0 saturated carbocycles. The fourth-order valence-corrected chi connectivity index (χ4v) is 3.38. The van der Waals surface area contributed by atoms with Gasteiger partial charge in [-0.2, -0.15) is 0 Å². The molecule has 0 aromatic rings. The average molecular weight is 282 g/mol. The summed E-state index contributed by atoms with van der Waals surface area (Å²) in [6.45, 7) is 6.15. The zero-order valence-electron chi connectivity index (χ0n) is 12.6. The van der Waals surface area contributed by atoms with Crippen LogP contribution in [0.4, 0.5) is 0 Å². The zero-order valence-corrected chi connectivity index (χ0v) is 12.6. The number of nitrogens with one attached hydrogen (secondary N) is 1. The Bertz CT molecular complexity index is 359. The van der Waals surface area contributed by atoms with Gasteiger partial charge in [0.25, 0.3) is 0 Å². The minimum atomic E-state index is -0.112. The van der Waals surface area contributed by atoms with Crippen molar-refractivity contribution in [2.24, 2.45) is 5.92 Å². The Labute approximate surface area is 121 Å². The van der Waals surface area contributed by atoms with Gasteiger partial charge in [-0.1, -0.05) is 13.3 Å². The standard InChI is InChI=1S/C15H26N2O3/c1-3-5-13(15(19)20-4-2)17-9-8-12-11(10-17)6-7-14(18)16-12/h11-13H,3-10H2,1-2H3,(H,16,18). The molecule has 5 heteroatoms. The molecule has 0 bridgehead atoms. The van der Waals surface area contributed by atoms with Crippen molar-refractivity contribution in [2.75, 3.05) is 19.7 Å². The molecule has 2 fully saturated rings. The minimum absolute atomic E-state index is 0.0901. The van der Waals surface area contributed by atoms with E-state index in [1.165, 1.54) is 0 Å². The van der Waals surface area contributed by atoms with Crippen LogP contribution < -0.4 is 5.32 Å². The first kappa shape index (κ1) is 15.3. The van der Waals surface area contributed by atoms with E-state index < -0.39 is 0 Å². The SMILES string of the molecule is CCCC(C(=O)OCC)N1CCC2NC(=O)CCC2C1. The second kappa shape index (κ2) is 7.07. The van der Waals surface area contributed by atoms with E-state index in [0.717, 1.165) is 38.8 Å². The number of carbonyl (C=O) groups is 2. The number of ether oxygens (including phenoxy) is 1. The highest BCUT2D eigenvalue weighted by Gasteiger charge is 2.37. The summed E-state index contributed by atoms with van der Waals surface area (Å²) in [6, 6.07) is 0.190. The van der Waals surface area contributed by atoms with Gasteiger partial charge in [0.2, 0.25) is 5.91 Å². The van der Waals surface area contributed by atoms with Gasteiger partial charge in [0.15, 0.2) is 0 Å². The van der Waals surface area contributed by atoms with Crippen LogP contribution in [0.1, 0.15) is 46.0 Å². The van der Waals surface area contributed by atoms with Crippen molar-refractivity contribution in [3.05, 3.63) is 0 Å². The molecule has 20 heavy (non-hydrogen) atoms. The van der Waals surface area contributed by atoms with Crippen molar-refractivity contribution in [2.45, 2.75) is 58.0 Å². The predicted molar refractivity (Wildman–Crippen MR) is 76.2 cm³/mol. The highest BCUT2D eigenvalue weighted by molar-refractivity contribution is 5.77. The largest absolute Gasteiger partial charge is 0.465 e. The van der Waals surface area contributed by atoms with Crippen molar-refractivity contribution in [1.82, 2.24) is 10.2 Å². The Kier molecular flexibility index (Phi) is 5.40. The molecule has 0 aliphatic carbocycles. The quantitative estimate of drug-likeness (QED) is 0.773. The number of piperidine rings is 2. The van der Waals surface area contributed by atoms with Crippen molar-refractivity contribution < 1.29 is 14.3 Å². The highest BCUT2D eigenvalue weighted by atomic mass is 16.5. The van der Waals surface area contributed by atoms with Crippen LogP contribution in [0.25, 0.3) is 0 Å². The third kappa shape index (κ3) is 3.51. The lowest BCUT2D eigenvalue weighted by atomic mass is 9.84. The number of carbonyl (C=O) groups excluding carboxylic acids is 2. The molecule has 5 nitrogen and oxygen atoms in total. The topological polar surface area (TPSA) is 58.6 Å². The third-order valence-corrected chi connectivity index (χ3v) is 4.42. The lowest BCUT2D eigenvalue weighted by Crippen LogP contribution is -2.57. The second-order valence-corrected chi connectivity index (χ2v) is 5.81. The van der Waals surface area contributed by atoms with Crippen LogP contribution in [0.15, 0.2) is 0 Å². The van der Waals surface area contributed by atoms with Gasteiger partial charge in [0, 0.05) is 25.6 Å². The number of rotatable bonds is 5. The highest BCUT2D eigenvalue weighted by Crippen LogP contribution is 2.27. The van der Waals surface area contributed by atoms with Gasteiger partial charge < -0.3 is 10.1 Å². The maximum absolute atomic E-state index is 12.1. The number of nitrogens with zero attached hydrogens (tertiary/aromatic N) is 1. The van der Waals surface area contributed by atoms with Gasteiger partial charge in [-0.25, -0.2) is 0 Å². The summed E-state index contributed by atoms with van der Waals surface area (Å²) in [6.07, 6.45) is 4.32. The van der Waals surface area contributed by atoms with Gasteiger partial charge in [0.1, 0.15) is 6.04 Å². The molecule has 1 N–H and O–H groups in total. The number of amides is 1. The molecule has 0 aromatic heterocycles. The van der Waals surface area contributed by atoms with E-state index >= 15 is 0 Å². The molecule has 3 unspecified atom stereocenters. The molecule has 3 atom stereocenters. The van der Waals surface area contributed by atoms with Crippen LogP contribution in [0.3, 0.4) is 0 Å². The van der Waals surface area contributed by atoms with Gasteiger partial charge in [-0.05, 0) is 32.1 Å². The molecule has 0 aromatic carbocycles. The summed E-state index contributed by atoms with van der Waals surface area (Å²) in [7, 11) is 0. The van der Waals surface area contributed by atoms with E-state index in [0.29, 0.717) is 25.0 Å². The molecule has 2 aliphatic rings. The van der Waals surface area contributed by atoms with E-state index in [4.69, 9.17) is 4.74 Å². The normalized spacial score (nSPS) is 28.4. The zero-order chi connectivity index (χ0) is 14.5. The lowest BCUT2D eigenvalue weighted by Gasteiger charge is -2.43. The fraction of sp³-hybridized carbons (Fsp3) is 0.867.